The minimum absolute atomic E-state index is 0.0322. The molecule has 184 valence electrons. The van der Waals surface area contributed by atoms with E-state index in [4.69, 9.17) is 14.2 Å². The van der Waals surface area contributed by atoms with E-state index in [1.807, 2.05) is 35.2 Å². The summed E-state index contributed by atoms with van der Waals surface area (Å²) in [7, 11) is 3.16. The zero-order valence-electron chi connectivity index (χ0n) is 20.0. The molecule has 1 atom stereocenters. The summed E-state index contributed by atoms with van der Waals surface area (Å²) in [6, 6.07) is 18.4. The van der Waals surface area contributed by atoms with Gasteiger partial charge in [-0.3, -0.25) is 9.59 Å². The fourth-order valence-corrected chi connectivity index (χ4v) is 5.12. The summed E-state index contributed by atoms with van der Waals surface area (Å²) >= 11 is 1.71. The number of hydrogen-bond acceptors (Lipinski definition) is 6. The lowest BCUT2D eigenvalue weighted by molar-refractivity contribution is -0.135. The van der Waals surface area contributed by atoms with E-state index in [1.54, 1.807) is 54.7 Å². The summed E-state index contributed by atoms with van der Waals surface area (Å²) in [6.07, 6.45) is 0.797. The molecule has 0 radical (unpaired) electrons. The predicted molar refractivity (Wildman–Crippen MR) is 135 cm³/mol. The van der Waals surface area contributed by atoms with Crippen LogP contribution >= 0.6 is 11.3 Å². The molecule has 1 aromatic heterocycles. The van der Waals surface area contributed by atoms with E-state index < -0.39 is 0 Å². The van der Waals surface area contributed by atoms with Crippen LogP contribution in [0.25, 0.3) is 0 Å². The molecule has 0 bridgehead atoms. The number of thiophene rings is 1. The van der Waals surface area contributed by atoms with Crippen molar-refractivity contribution in [3.05, 3.63) is 82.0 Å². The Morgan fingerprint density at radius 3 is 2.51 bits per heavy atom. The Labute approximate surface area is 209 Å². The third-order valence-electron chi connectivity index (χ3n) is 6.08. The van der Waals surface area contributed by atoms with Crippen LogP contribution in [-0.4, -0.2) is 68.7 Å². The van der Waals surface area contributed by atoms with Crippen molar-refractivity contribution in [2.45, 2.75) is 12.5 Å². The first-order valence-corrected chi connectivity index (χ1v) is 12.4. The number of methoxy groups -OCH3 is 2. The van der Waals surface area contributed by atoms with Crippen LogP contribution in [0.4, 0.5) is 0 Å². The normalized spacial score (nSPS) is 14.8. The highest BCUT2D eigenvalue weighted by Crippen LogP contribution is 2.34. The Morgan fingerprint density at radius 2 is 1.80 bits per heavy atom. The molecule has 0 saturated heterocycles. The van der Waals surface area contributed by atoms with E-state index in [-0.39, 0.29) is 24.4 Å². The second-order valence-electron chi connectivity index (χ2n) is 8.22. The summed E-state index contributed by atoms with van der Waals surface area (Å²) in [5.74, 6) is 1.10. The van der Waals surface area contributed by atoms with Crippen molar-refractivity contribution in [1.29, 1.82) is 0 Å². The molecule has 1 aliphatic heterocycles. The van der Waals surface area contributed by atoms with Crippen molar-refractivity contribution in [3.8, 4) is 11.5 Å². The van der Waals surface area contributed by atoms with Gasteiger partial charge in [0.15, 0.2) is 0 Å². The lowest BCUT2D eigenvalue weighted by atomic mass is 10.0. The zero-order valence-corrected chi connectivity index (χ0v) is 20.8. The number of benzene rings is 2. The summed E-state index contributed by atoms with van der Waals surface area (Å²) in [6.45, 7) is 1.56. The van der Waals surface area contributed by atoms with Crippen molar-refractivity contribution < 1.29 is 23.8 Å². The number of carbonyl (C=O) groups is 2. The topological polar surface area (TPSA) is 68.3 Å². The molecule has 1 aliphatic rings. The average molecular weight is 495 g/mol. The number of rotatable bonds is 10. The van der Waals surface area contributed by atoms with E-state index >= 15 is 0 Å². The zero-order chi connectivity index (χ0) is 24.6. The minimum Gasteiger partial charge on any atom is -0.497 e. The second kappa shape index (κ2) is 11.9. The first kappa shape index (κ1) is 24.8. The molecule has 3 aromatic rings. The van der Waals surface area contributed by atoms with Gasteiger partial charge in [-0.25, -0.2) is 0 Å². The third kappa shape index (κ3) is 6.01. The Balaban J connectivity index is 1.51. The van der Waals surface area contributed by atoms with Crippen molar-refractivity contribution >= 4 is 23.2 Å². The van der Waals surface area contributed by atoms with E-state index in [1.165, 1.54) is 4.88 Å². The number of carbonyl (C=O) groups excluding carboxylic acids is 2. The van der Waals surface area contributed by atoms with Crippen LogP contribution in [0, 0.1) is 0 Å². The first-order valence-electron chi connectivity index (χ1n) is 11.6. The molecule has 0 spiro atoms. The maximum absolute atomic E-state index is 13.6. The SMILES string of the molecule is COCCN(CC(=O)N1CCc2sccc2[C@H]1COc1ccccc1)C(=O)c1ccc(OC)cc1. The van der Waals surface area contributed by atoms with Crippen LogP contribution in [0.15, 0.2) is 66.0 Å². The summed E-state index contributed by atoms with van der Waals surface area (Å²) < 4.78 is 16.5. The van der Waals surface area contributed by atoms with Crippen LogP contribution < -0.4 is 9.47 Å². The maximum atomic E-state index is 13.6. The van der Waals surface area contributed by atoms with Gasteiger partial charge in [-0.1, -0.05) is 18.2 Å². The van der Waals surface area contributed by atoms with Crippen LogP contribution in [-0.2, 0) is 16.0 Å². The summed E-state index contributed by atoms with van der Waals surface area (Å²) in [5, 5.41) is 2.06. The average Bonchev–Trinajstić information content (AvgIpc) is 3.39. The third-order valence-corrected chi connectivity index (χ3v) is 7.08. The molecule has 2 amide bonds. The fraction of sp³-hybridized carbons (Fsp3) is 0.333. The van der Waals surface area contributed by atoms with Gasteiger partial charge in [0.1, 0.15) is 24.7 Å². The highest BCUT2D eigenvalue weighted by molar-refractivity contribution is 7.10. The van der Waals surface area contributed by atoms with Crippen LogP contribution in [0.5, 0.6) is 11.5 Å². The van der Waals surface area contributed by atoms with Gasteiger partial charge < -0.3 is 24.0 Å². The number of amides is 2. The lowest BCUT2D eigenvalue weighted by Gasteiger charge is -2.37. The van der Waals surface area contributed by atoms with Gasteiger partial charge in [-0.05, 0) is 59.8 Å². The molecule has 0 saturated carbocycles. The van der Waals surface area contributed by atoms with E-state index in [9.17, 15) is 9.59 Å². The largest absolute Gasteiger partial charge is 0.497 e. The highest BCUT2D eigenvalue weighted by Gasteiger charge is 2.33. The minimum atomic E-state index is -0.219. The van der Waals surface area contributed by atoms with Crippen LogP contribution in [0.2, 0.25) is 0 Å². The molecule has 0 fully saturated rings. The molecule has 2 heterocycles. The van der Waals surface area contributed by atoms with Gasteiger partial charge in [-0.2, -0.15) is 0 Å². The molecular weight excluding hydrogens is 464 g/mol. The van der Waals surface area contributed by atoms with Gasteiger partial charge in [-0.15, -0.1) is 11.3 Å². The molecule has 35 heavy (non-hydrogen) atoms. The number of nitrogens with zero attached hydrogens (tertiary/aromatic N) is 2. The number of para-hydroxylation sites is 1. The number of fused-ring (bicyclic) bond motifs is 1. The van der Waals surface area contributed by atoms with E-state index in [2.05, 4.69) is 11.4 Å². The van der Waals surface area contributed by atoms with Crippen molar-refractivity contribution in [2.24, 2.45) is 0 Å². The van der Waals surface area contributed by atoms with E-state index in [0.29, 0.717) is 37.6 Å². The highest BCUT2D eigenvalue weighted by atomic mass is 32.1. The molecule has 0 aliphatic carbocycles. The molecule has 7 nitrogen and oxygen atoms in total. The van der Waals surface area contributed by atoms with Crippen molar-refractivity contribution in [3.63, 3.8) is 0 Å². The van der Waals surface area contributed by atoms with Crippen molar-refractivity contribution in [1.82, 2.24) is 9.80 Å². The van der Waals surface area contributed by atoms with E-state index in [0.717, 1.165) is 17.7 Å². The van der Waals surface area contributed by atoms with Gasteiger partial charge in [0.25, 0.3) is 5.91 Å². The number of ether oxygens (including phenoxy) is 3. The Bertz CT molecular complexity index is 1120. The fourth-order valence-electron chi connectivity index (χ4n) is 4.19. The van der Waals surface area contributed by atoms with Crippen molar-refractivity contribution in [2.75, 3.05) is 47.1 Å². The Kier molecular flexibility index (Phi) is 8.39. The summed E-state index contributed by atoms with van der Waals surface area (Å²) in [5.41, 5.74) is 1.62. The smallest absolute Gasteiger partial charge is 0.254 e. The molecule has 0 N–H and O–H groups in total. The first-order chi connectivity index (χ1) is 17.1. The monoisotopic (exact) mass is 494 g/mol. The van der Waals surface area contributed by atoms with Gasteiger partial charge >= 0.3 is 0 Å². The van der Waals surface area contributed by atoms with Gasteiger partial charge in [0.05, 0.1) is 19.8 Å². The van der Waals surface area contributed by atoms with Crippen LogP contribution in [0.3, 0.4) is 0 Å². The maximum Gasteiger partial charge on any atom is 0.254 e. The Hall–Kier alpha value is -3.36. The molecule has 8 heteroatoms. The predicted octanol–water partition coefficient (Wildman–Crippen LogP) is 4.05. The van der Waals surface area contributed by atoms with Crippen LogP contribution in [0.1, 0.15) is 26.8 Å². The Morgan fingerprint density at radius 1 is 1.03 bits per heavy atom. The summed E-state index contributed by atoms with van der Waals surface area (Å²) in [4.78, 5) is 31.5. The quantitative estimate of drug-likeness (QED) is 0.425. The molecule has 2 aromatic carbocycles. The standard InChI is InChI=1S/C27H30N2O5S/c1-32-16-15-28(27(31)20-8-10-21(33-2)11-9-20)18-26(30)29-14-12-25-23(13-17-35-25)24(29)19-34-22-6-4-3-5-7-22/h3-11,13,17,24H,12,14-16,18-19H2,1-2H3/t24-/m1/s1. The lowest BCUT2D eigenvalue weighted by Crippen LogP contribution is -2.48. The van der Waals surface area contributed by atoms with Gasteiger partial charge in [0.2, 0.25) is 5.91 Å². The molecular formula is C27H30N2O5S. The molecule has 0 unspecified atom stereocenters. The van der Waals surface area contributed by atoms with Gasteiger partial charge in [0, 0.05) is 30.6 Å². The number of hydrogen-bond donors (Lipinski definition) is 0. The second-order valence-corrected chi connectivity index (χ2v) is 9.22. The molecule has 4 rings (SSSR count).